The zero-order chi connectivity index (χ0) is 10.9. The Morgan fingerprint density at radius 1 is 0.867 bits per heavy atom. The predicted molar refractivity (Wildman–Crippen MR) is 59.6 cm³/mol. The highest BCUT2D eigenvalue weighted by Gasteiger charge is 1.94. The number of benzene rings is 1. The zero-order valence-corrected chi connectivity index (χ0v) is 9.36. The van der Waals surface area contributed by atoms with E-state index in [1.807, 2.05) is 24.3 Å². The third-order valence-corrected chi connectivity index (χ3v) is 2.12. The third kappa shape index (κ3) is 4.70. The van der Waals surface area contributed by atoms with E-state index in [1.54, 1.807) is 14.2 Å². The van der Waals surface area contributed by atoms with Gasteiger partial charge in [-0.1, -0.05) is 0 Å². The van der Waals surface area contributed by atoms with Gasteiger partial charge in [0.05, 0.1) is 14.2 Å². The molecule has 1 aliphatic heterocycles. The summed E-state index contributed by atoms with van der Waals surface area (Å²) in [7, 11) is 3.28. The van der Waals surface area contributed by atoms with Crippen molar-refractivity contribution < 1.29 is 14.2 Å². The van der Waals surface area contributed by atoms with Gasteiger partial charge < -0.3 is 14.2 Å². The molecule has 1 saturated heterocycles. The fourth-order valence-corrected chi connectivity index (χ4v) is 1.22. The van der Waals surface area contributed by atoms with Crippen LogP contribution >= 0.6 is 0 Å². The van der Waals surface area contributed by atoms with E-state index >= 15 is 0 Å². The van der Waals surface area contributed by atoms with Gasteiger partial charge in [-0.2, -0.15) is 0 Å². The molecule has 3 nitrogen and oxygen atoms in total. The molecule has 0 aromatic heterocycles. The summed E-state index contributed by atoms with van der Waals surface area (Å²) >= 11 is 0. The van der Waals surface area contributed by atoms with Crippen LogP contribution < -0.4 is 9.47 Å². The van der Waals surface area contributed by atoms with E-state index in [9.17, 15) is 0 Å². The minimum atomic E-state index is 0.848. The summed E-state index contributed by atoms with van der Waals surface area (Å²) in [6, 6.07) is 7.44. The van der Waals surface area contributed by atoms with Crippen molar-refractivity contribution in [3.8, 4) is 11.5 Å². The summed E-state index contributed by atoms with van der Waals surface area (Å²) in [6.45, 7) is 2.00. The van der Waals surface area contributed by atoms with Gasteiger partial charge in [0.25, 0.3) is 0 Å². The number of methoxy groups -OCH3 is 2. The van der Waals surface area contributed by atoms with Gasteiger partial charge in [-0.15, -0.1) is 0 Å². The van der Waals surface area contributed by atoms with Crippen LogP contribution in [0, 0.1) is 0 Å². The second-order valence-electron chi connectivity index (χ2n) is 3.20. The van der Waals surface area contributed by atoms with Gasteiger partial charge in [0.1, 0.15) is 11.5 Å². The fourth-order valence-electron chi connectivity index (χ4n) is 1.22. The minimum Gasteiger partial charge on any atom is -0.497 e. The zero-order valence-electron chi connectivity index (χ0n) is 9.36. The number of hydrogen-bond acceptors (Lipinski definition) is 3. The van der Waals surface area contributed by atoms with Crippen molar-refractivity contribution in [1.29, 1.82) is 0 Å². The molecule has 15 heavy (non-hydrogen) atoms. The molecular weight excluding hydrogens is 192 g/mol. The lowest BCUT2D eigenvalue weighted by Gasteiger charge is -2.00. The number of ether oxygens (including phenoxy) is 3. The lowest BCUT2D eigenvalue weighted by atomic mass is 10.3. The third-order valence-electron chi connectivity index (χ3n) is 2.12. The van der Waals surface area contributed by atoms with Gasteiger partial charge in [0.2, 0.25) is 0 Å². The smallest absolute Gasteiger partial charge is 0.119 e. The Labute approximate surface area is 91.0 Å². The lowest BCUT2D eigenvalue weighted by Crippen LogP contribution is -1.83. The van der Waals surface area contributed by atoms with Gasteiger partial charge in [-0.25, -0.2) is 0 Å². The molecule has 0 aliphatic carbocycles. The standard InChI is InChI=1S/C8H10O2.C4H8O/c1-9-7-3-5-8(10-2)6-4-7;1-2-4-5-3-1/h3-6H,1-2H3;1-4H2. The van der Waals surface area contributed by atoms with Gasteiger partial charge in [-0.3, -0.25) is 0 Å². The van der Waals surface area contributed by atoms with E-state index in [0.29, 0.717) is 0 Å². The molecule has 0 spiro atoms. The second kappa shape index (κ2) is 7.12. The summed E-state index contributed by atoms with van der Waals surface area (Å²) in [4.78, 5) is 0. The molecule has 0 bridgehead atoms. The average molecular weight is 210 g/mol. The van der Waals surface area contributed by atoms with Gasteiger partial charge >= 0.3 is 0 Å². The maximum Gasteiger partial charge on any atom is 0.119 e. The molecule has 0 radical (unpaired) electrons. The Balaban J connectivity index is 0.000000187. The normalized spacial score (nSPS) is 14.0. The first-order valence-electron chi connectivity index (χ1n) is 5.12. The molecule has 0 unspecified atom stereocenters. The van der Waals surface area contributed by atoms with E-state index in [0.717, 1.165) is 24.7 Å². The van der Waals surface area contributed by atoms with Crippen LogP contribution in [0.1, 0.15) is 12.8 Å². The first-order valence-corrected chi connectivity index (χ1v) is 5.12. The van der Waals surface area contributed by atoms with Crippen LogP contribution in [0.15, 0.2) is 24.3 Å². The number of rotatable bonds is 2. The Kier molecular flexibility index (Phi) is 5.63. The Bertz CT molecular complexity index is 221. The van der Waals surface area contributed by atoms with Crippen LogP contribution in [0.4, 0.5) is 0 Å². The molecule has 3 heteroatoms. The maximum atomic E-state index is 4.96. The van der Waals surface area contributed by atoms with Crippen molar-refractivity contribution in [2.24, 2.45) is 0 Å². The van der Waals surface area contributed by atoms with E-state index in [-0.39, 0.29) is 0 Å². The quantitative estimate of drug-likeness (QED) is 0.750. The van der Waals surface area contributed by atoms with Crippen molar-refractivity contribution in [2.75, 3.05) is 27.4 Å². The molecule has 0 saturated carbocycles. The van der Waals surface area contributed by atoms with Crippen molar-refractivity contribution >= 4 is 0 Å². The maximum absolute atomic E-state index is 4.96. The summed E-state index contributed by atoms with van der Waals surface area (Å²) < 4.78 is 14.9. The summed E-state index contributed by atoms with van der Waals surface area (Å²) in [5, 5.41) is 0. The van der Waals surface area contributed by atoms with E-state index in [2.05, 4.69) is 0 Å². The minimum absolute atomic E-state index is 0.848. The molecule has 0 N–H and O–H groups in total. The topological polar surface area (TPSA) is 27.7 Å². The van der Waals surface area contributed by atoms with E-state index in [4.69, 9.17) is 14.2 Å². The highest BCUT2D eigenvalue weighted by atomic mass is 16.5. The molecule has 1 heterocycles. The van der Waals surface area contributed by atoms with Crippen LogP contribution in [-0.2, 0) is 4.74 Å². The molecule has 1 fully saturated rings. The monoisotopic (exact) mass is 210 g/mol. The molecule has 0 atom stereocenters. The average Bonchev–Trinajstić information content (AvgIpc) is 2.88. The summed E-state index contributed by atoms with van der Waals surface area (Å²) in [5.74, 6) is 1.70. The van der Waals surface area contributed by atoms with Crippen molar-refractivity contribution in [3.05, 3.63) is 24.3 Å². The van der Waals surface area contributed by atoms with E-state index < -0.39 is 0 Å². The first kappa shape index (κ1) is 11.9. The van der Waals surface area contributed by atoms with Crippen LogP contribution in [0.25, 0.3) is 0 Å². The molecule has 2 rings (SSSR count). The molecule has 1 aromatic rings. The SMILES string of the molecule is C1CCOC1.COc1ccc(OC)cc1. The molecular formula is C12H18O3. The largest absolute Gasteiger partial charge is 0.497 e. The first-order chi connectivity index (χ1) is 7.36. The van der Waals surface area contributed by atoms with Crippen molar-refractivity contribution in [2.45, 2.75) is 12.8 Å². The van der Waals surface area contributed by atoms with Crippen molar-refractivity contribution in [1.82, 2.24) is 0 Å². The molecule has 84 valence electrons. The second-order valence-corrected chi connectivity index (χ2v) is 3.20. The van der Waals surface area contributed by atoms with Crippen LogP contribution in [0.3, 0.4) is 0 Å². The predicted octanol–water partition coefficient (Wildman–Crippen LogP) is 2.50. The van der Waals surface area contributed by atoms with E-state index in [1.165, 1.54) is 12.8 Å². The fraction of sp³-hybridized carbons (Fsp3) is 0.500. The Morgan fingerprint density at radius 3 is 1.47 bits per heavy atom. The van der Waals surface area contributed by atoms with Crippen molar-refractivity contribution in [3.63, 3.8) is 0 Å². The van der Waals surface area contributed by atoms with Crippen LogP contribution in [0.5, 0.6) is 11.5 Å². The lowest BCUT2D eigenvalue weighted by molar-refractivity contribution is 0.198. The van der Waals surface area contributed by atoms with Gasteiger partial charge in [-0.05, 0) is 37.1 Å². The summed E-state index contributed by atoms with van der Waals surface area (Å²) in [6.07, 6.45) is 2.56. The van der Waals surface area contributed by atoms with Crippen LogP contribution in [0.2, 0.25) is 0 Å². The molecule has 1 aromatic carbocycles. The van der Waals surface area contributed by atoms with Gasteiger partial charge in [0, 0.05) is 13.2 Å². The van der Waals surface area contributed by atoms with Gasteiger partial charge in [0.15, 0.2) is 0 Å². The molecule has 1 aliphatic rings. The summed E-state index contributed by atoms with van der Waals surface area (Å²) in [5.41, 5.74) is 0. The number of hydrogen-bond donors (Lipinski definition) is 0. The Hall–Kier alpha value is -1.22. The highest BCUT2D eigenvalue weighted by Crippen LogP contribution is 2.15. The molecule has 0 amide bonds. The van der Waals surface area contributed by atoms with Crippen LogP contribution in [-0.4, -0.2) is 27.4 Å². The Morgan fingerprint density at radius 2 is 1.27 bits per heavy atom. The highest BCUT2D eigenvalue weighted by molar-refractivity contribution is 5.30.